The summed E-state index contributed by atoms with van der Waals surface area (Å²) in [5.41, 5.74) is 1.65. The van der Waals surface area contributed by atoms with E-state index >= 15 is 0 Å². The van der Waals surface area contributed by atoms with Crippen molar-refractivity contribution in [2.45, 2.75) is 17.1 Å². The zero-order valence-corrected chi connectivity index (χ0v) is 26.8. The SMILES string of the molecule is COc1cc(/C=C(/NC(=O)c2ccccc2)C(=O)Nc2cccc(SC(C)C(=O)Nc3cccc(C(=O)O)c3)c2)cc(OC)c1OC. The van der Waals surface area contributed by atoms with Crippen LogP contribution in [-0.2, 0) is 9.59 Å². The maximum absolute atomic E-state index is 13.6. The van der Waals surface area contributed by atoms with E-state index in [0.717, 1.165) is 0 Å². The van der Waals surface area contributed by atoms with Gasteiger partial charge in [0, 0.05) is 21.8 Å². The maximum atomic E-state index is 13.6. The Bertz CT molecular complexity index is 1780. The average molecular weight is 656 g/mol. The number of thioether (sulfide) groups is 1. The number of hydrogen-bond donors (Lipinski definition) is 4. The van der Waals surface area contributed by atoms with Crippen molar-refractivity contribution >= 4 is 52.9 Å². The summed E-state index contributed by atoms with van der Waals surface area (Å²) >= 11 is 1.25. The summed E-state index contributed by atoms with van der Waals surface area (Å²) in [4.78, 5) is 51.5. The van der Waals surface area contributed by atoms with Crippen LogP contribution in [0, 0.1) is 0 Å². The highest BCUT2D eigenvalue weighted by atomic mass is 32.2. The van der Waals surface area contributed by atoms with E-state index in [0.29, 0.717) is 44.6 Å². The molecule has 0 aliphatic rings. The fourth-order valence-corrected chi connectivity index (χ4v) is 5.30. The van der Waals surface area contributed by atoms with Gasteiger partial charge in [-0.1, -0.05) is 30.3 Å². The third-order valence-electron chi connectivity index (χ3n) is 6.68. The first kappa shape index (κ1) is 34.1. The van der Waals surface area contributed by atoms with E-state index < -0.39 is 23.0 Å². The number of carboxylic acids is 1. The molecule has 3 amide bonds. The van der Waals surface area contributed by atoms with Gasteiger partial charge in [0.15, 0.2) is 11.5 Å². The molecule has 0 saturated heterocycles. The number of benzene rings is 4. The third-order valence-corrected chi connectivity index (χ3v) is 7.77. The Kier molecular flexibility index (Phi) is 11.6. The largest absolute Gasteiger partial charge is 0.493 e. The van der Waals surface area contributed by atoms with E-state index in [1.807, 2.05) is 0 Å². The van der Waals surface area contributed by atoms with Gasteiger partial charge in [-0.25, -0.2) is 4.79 Å². The lowest BCUT2D eigenvalue weighted by Crippen LogP contribution is -2.30. The van der Waals surface area contributed by atoms with E-state index in [-0.39, 0.29) is 17.2 Å². The van der Waals surface area contributed by atoms with E-state index in [1.54, 1.807) is 85.8 Å². The van der Waals surface area contributed by atoms with Crippen LogP contribution < -0.4 is 30.2 Å². The smallest absolute Gasteiger partial charge is 0.335 e. The monoisotopic (exact) mass is 655 g/mol. The van der Waals surface area contributed by atoms with E-state index in [1.165, 1.54) is 51.3 Å². The quantitative estimate of drug-likeness (QED) is 0.101. The zero-order valence-electron chi connectivity index (χ0n) is 26.0. The fourth-order valence-electron chi connectivity index (χ4n) is 4.37. The minimum atomic E-state index is -1.09. The molecule has 47 heavy (non-hydrogen) atoms. The lowest BCUT2D eigenvalue weighted by molar-refractivity contribution is -0.115. The summed E-state index contributed by atoms with van der Waals surface area (Å²) in [6.07, 6.45) is 1.49. The molecular weight excluding hydrogens is 622 g/mol. The standard InChI is InChI=1S/C35H33N3O8S/c1-21(32(39)36-25-13-8-12-24(19-25)35(42)43)47-27-15-9-14-26(20-27)37-34(41)28(38-33(40)23-10-6-5-7-11-23)16-22-17-29(44-2)31(46-4)30(18-22)45-3/h5-21H,1-4H3,(H,36,39)(H,37,41)(H,38,40)(H,42,43)/b28-16+. The molecule has 1 atom stereocenters. The molecule has 0 aliphatic heterocycles. The Morgan fingerprint density at radius 3 is 1.98 bits per heavy atom. The number of carbonyl (C=O) groups excluding carboxylic acids is 3. The summed E-state index contributed by atoms with van der Waals surface area (Å²) in [5.74, 6) is -1.41. The first-order chi connectivity index (χ1) is 22.6. The molecule has 0 saturated carbocycles. The lowest BCUT2D eigenvalue weighted by atomic mass is 10.1. The van der Waals surface area contributed by atoms with Gasteiger partial charge in [-0.15, -0.1) is 11.8 Å². The van der Waals surface area contributed by atoms with Gasteiger partial charge in [0.2, 0.25) is 11.7 Å². The van der Waals surface area contributed by atoms with Crippen molar-refractivity contribution in [3.63, 3.8) is 0 Å². The summed E-state index contributed by atoms with van der Waals surface area (Å²) in [7, 11) is 4.43. The molecule has 4 N–H and O–H groups in total. The number of amides is 3. The molecule has 0 heterocycles. The molecule has 0 spiro atoms. The number of carboxylic acid groups (broad SMARTS) is 1. The van der Waals surface area contributed by atoms with Crippen molar-refractivity contribution in [3.05, 3.63) is 113 Å². The number of aromatic carboxylic acids is 1. The third kappa shape index (κ3) is 9.14. The predicted octanol–water partition coefficient (Wildman–Crippen LogP) is 5.94. The van der Waals surface area contributed by atoms with E-state index in [9.17, 15) is 24.3 Å². The van der Waals surface area contributed by atoms with Crippen molar-refractivity contribution in [2.24, 2.45) is 0 Å². The maximum Gasteiger partial charge on any atom is 0.335 e. The highest BCUT2D eigenvalue weighted by Gasteiger charge is 2.19. The first-order valence-corrected chi connectivity index (χ1v) is 15.1. The number of carbonyl (C=O) groups is 4. The van der Waals surface area contributed by atoms with Crippen LogP contribution in [0.2, 0.25) is 0 Å². The Morgan fingerprint density at radius 2 is 1.36 bits per heavy atom. The average Bonchev–Trinajstić information content (AvgIpc) is 3.07. The minimum absolute atomic E-state index is 0.0532. The van der Waals surface area contributed by atoms with Crippen LogP contribution in [0.4, 0.5) is 11.4 Å². The van der Waals surface area contributed by atoms with Crippen LogP contribution in [0.3, 0.4) is 0 Å². The number of methoxy groups -OCH3 is 3. The van der Waals surface area contributed by atoms with Crippen LogP contribution >= 0.6 is 11.8 Å². The Balaban J connectivity index is 1.55. The number of rotatable bonds is 13. The number of anilines is 2. The lowest BCUT2D eigenvalue weighted by Gasteiger charge is -2.15. The van der Waals surface area contributed by atoms with Crippen molar-refractivity contribution in [3.8, 4) is 17.2 Å². The van der Waals surface area contributed by atoms with E-state index in [4.69, 9.17) is 14.2 Å². The predicted molar refractivity (Wildman–Crippen MR) is 180 cm³/mol. The van der Waals surface area contributed by atoms with Crippen LogP contribution in [0.1, 0.15) is 33.2 Å². The number of ether oxygens (including phenoxy) is 3. The molecule has 11 nitrogen and oxygen atoms in total. The first-order valence-electron chi connectivity index (χ1n) is 14.2. The minimum Gasteiger partial charge on any atom is -0.493 e. The van der Waals surface area contributed by atoms with Crippen LogP contribution in [-0.4, -0.2) is 55.4 Å². The van der Waals surface area contributed by atoms with Gasteiger partial charge >= 0.3 is 5.97 Å². The van der Waals surface area contributed by atoms with Gasteiger partial charge in [0.05, 0.1) is 32.1 Å². The highest BCUT2D eigenvalue weighted by Crippen LogP contribution is 2.38. The van der Waals surface area contributed by atoms with Crippen molar-refractivity contribution in [1.82, 2.24) is 5.32 Å². The molecule has 0 aromatic heterocycles. The molecule has 12 heteroatoms. The second-order valence-corrected chi connectivity index (χ2v) is 11.4. The van der Waals surface area contributed by atoms with Gasteiger partial charge in [-0.05, 0) is 79.2 Å². The Hall–Kier alpha value is -5.75. The fraction of sp³-hybridized carbons (Fsp3) is 0.143. The van der Waals surface area contributed by atoms with Crippen LogP contribution in [0.5, 0.6) is 17.2 Å². The van der Waals surface area contributed by atoms with Crippen LogP contribution in [0.25, 0.3) is 6.08 Å². The molecule has 1 unspecified atom stereocenters. The van der Waals surface area contributed by atoms with Gasteiger partial charge in [-0.3, -0.25) is 14.4 Å². The molecule has 4 aromatic rings. The highest BCUT2D eigenvalue weighted by molar-refractivity contribution is 8.00. The van der Waals surface area contributed by atoms with Crippen molar-refractivity contribution in [1.29, 1.82) is 0 Å². The number of nitrogens with one attached hydrogen (secondary N) is 3. The molecule has 242 valence electrons. The van der Waals surface area contributed by atoms with Crippen LogP contribution in [0.15, 0.2) is 102 Å². The van der Waals surface area contributed by atoms with Gasteiger partial charge in [-0.2, -0.15) is 0 Å². The zero-order chi connectivity index (χ0) is 33.9. The Labute approximate surface area is 275 Å². The normalized spacial score (nSPS) is 11.5. The molecular formula is C35H33N3O8S. The molecule has 4 rings (SSSR count). The van der Waals surface area contributed by atoms with Crippen molar-refractivity contribution in [2.75, 3.05) is 32.0 Å². The molecule has 0 radical (unpaired) electrons. The van der Waals surface area contributed by atoms with Gasteiger partial charge in [0.25, 0.3) is 11.8 Å². The molecule has 0 bridgehead atoms. The summed E-state index contributed by atoms with van der Waals surface area (Å²) < 4.78 is 16.3. The summed E-state index contributed by atoms with van der Waals surface area (Å²) in [6.45, 7) is 1.71. The topological polar surface area (TPSA) is 152 Å². The molecule has 0 aliphatic carbocycles. The summed E-state index contributed by atoms with van der Waals surface area (Å²) in [5, 5.41) is 16.9. The second kappa shape index (κ2) is 16.0. The van der Waals surface area contributed by atoms with Gasteiger partial charge in [0.1, 0.15) is 5.70 Å². The molecule has 4 aromatic carbocycles. The van der Waals surface area contributed by atoms with Gasteiger partial charge < -0.3 is 35.3 Å². The Morgan fingerprint density at radius 1 is 0.745 bits per heavy atom. The number of hydrogen-bond acceptors (Lipinski definition) is 8. The second-order valence-electron chi connectivity index (χ2n) is 9.95. The summed E-state index contributed by atoms with van der Waals surface area (Å²) in [6, 6.07) is 24.6. The van der Waals surface area contributed by atoms with Crippen molar-refractivity contribution < 1.29 is 38.5 Å². The van der Waals surface area contributed by atoms with E-state index in [2.05, 4.69) is 16.0 Å². The molecule has 0 fully saturated rings.